The highest BCUT2D eigenvalue weighted by molar-refractivity contribution is 6.81. The maximum absolute atomic E-state index is 9.76. The third-order valence-electron chi connectivity index (χ3n) is 3.52. The largest absolute Gasteiger partial charge is 0.396 e. The van der Waals surface area contributed by atoms with Crippen molar-refractivity contribution in [3.8, 4) is 0 Å². The second kappa shape index (κ2) is 11.4. The minimum Gasteiger partial charge on any atom is -0.396 e. The second-order valence-corrected chi connectivity index (χ2v) is 12.1. The van der Waals surface area contributed by atoms with Gasteiger partial charge < -0.3 is 14.6 Å². The molecular weight excluding hydrogens is 280 g/mol. The number of unbranched alkanes of at least 4 members (excludes halogenated alkanes) is 2. The summed E-state index contributed by atoms with van der Waals surface area (Å²) in [5.41, 5.74) is 3.81. The van der Waals surface area contributed by atoms with E-state index in [1.165, 1.54) is 18.4 Å². The molecule has 0 fully saturated rings. The maximum Gasteiger partial charge on any atom is 0.146 e. The first kappa shape index (κ1) is 20.8. The number of hydrogen-bond acceptors (Lipinski definition) is 3. The molecule has 0 aromatic heterocycles. The zero-order valence-electron chi connectivity index (χ0n) is 14.9. The van der Waals surface area contributed by atoms with Crippen molar-refractivity contribution in [1.82, 2.24) is 0 Å². The van der Waals surface area contributed by atoms with Crippen LogP contribution in [0.2, 0.25) is 19.6 Å². The van der Waals surface area contributed by atoms with Crippen molar-refractivity contribution in [3.05, 3.63) is 11.3 Å². The van der Waals surface area contributed by atoms with Gasteiger partial charge in [-0.15, -0.1) is 0 Å². The Balaban J connectivity index is 4.66. The number of methoxy groups -OCH3 is 1. The van der Waals surface area contributed by atoms with E-state index in [1.54, 1.807) is 7.11 Å². The fraction of sp³-hybridized carbons (Fsp3) is 0.882. The molecule has 0 aliphatic rings. The molecule has 126 valence electrons. The van der Waals surface area contributed by atoms with Crippen molar-refractivity contribution < 1.29 is 14.6 Å². The van der Waals surface area contributed by atoms with Crippen LogP contribution in [-0.2, 0) is 9.47 Å². The normalized spacial score (nSPS) is 16.0. The van der Waals surface area contributed by atoms with Crippen molar-refractivity contribution in [1.29, 1.82) is 0 Å². The molecule has 0 aromatic rings. The van der Waals surface area contributed by atoms with E-state index in [0.717, 1.165) is 19.3 Å². The molecule has 0 spiro atoms. The average molecular weight is 317 g/mol. The summed E-state index contributed by atoms with van der Waals surface area (Å²) in [6.45, 7) is 11.9. The van der Waals surface area contributed by atoms with Crippen molar-refractivity contribution in [2.75, 3.05) is 20.5 Å². The van der Waals surface area contributed by atoms with Crippen LogP contribution in [0.4, 0.5) is 0 Å². The van der Waals surface area contributed by atoms with Gasteiger partial charge in [0.1, 0.15) is 6.79 Å². The van der Waals surface area contributed by atoms with Gasteiger partial charge in [-0.05, 0) is 19.8 Å². The molecule has 4 heteroatoms. The summed E-state index contributed by atoms with van der Waals surface area (Å²) in [4.78, 5) is 0. The summed E-state index contributed by atoms with van der Waals surface area (Å²) >= 11 is 0. The Hall–Kier alpha value is -0.163. The number of aliphatic hydroxyl groups is 1. The summed E-state index contributed by atoms with van der Waals surface area (Å²) < 4.78 is 10.9. The fourth-order valence-electron chi connectivity index (χ4n) is 2.73. The lowest BCUT2D eigenvalue weighted by molar-refractivity contribution is -0.101. The van der Waals surface area contributed by atoms with Crippen LogP contribution in [0.1, 0.15) is 46.0 Å². The highest BCUT2D eigenvalue weighted by Crippen LogP contribution is 2.23. The van der Waals surface area contributed by atoms with Gasteiger partial charge in [-0.3, -0.25) is 0 Å². The van der Waals surface area contributed by atoms with E-state index >= 15 is 0 Å². The van der Waals surface area contributed by atoms with Gasteiger partial charge in [-0.1, -0.05) is 57.1 Å². The van der Waals surface area contributed by atoms with E-state index < -0.39 is 8.07 Å². The first-order valence-corrected chi connectivity index (χ1v) is 11.8. The van der Waals surface area contributed by atoms with Crippen LogP contribution in [0.5, 0.6) is 0 Å². The zero-order chi connectivity index (χ0) is 16.3. The van der Waals surface area contributed by atoms with Crippen LogP contribution in [0.25, 0.3) is 0 Å². The van der Waals surface area contributed by atoms with Gasteiger partial charge in [0.05, 0.1) is 14.2 Å². The average Bonchev–Trinajstić information content (AvgIpc) is 2.38. The van der Waals surface area contributed by atoms with Crippen LogP contribution < -0.4 is 0 Å². The number of allylic oxidation sites excluding steroid dienone is 1. The quantitative estimate of drug-likeness (QED) is 0.330. The molecule has 0 heterocycles. The lowest BCUT2D eigenvalue weighted by Gasteiger charge is -2.26. The highest BCUT2D eigenvalue weighted by Gasteiger charge is 2.22. The Labute approximate surface area is 132 Å². The first-order chi connectivity index (χ1) is 9.84. The Morgan fingerprint density at radius 2 is 1.90 bits per heavy atom. The minimum atomic E-state index is -1.20. The number of aliphatic hydroxyl groups excluding tert-OH is 1. The zero-order valence-corrected chi connectivity index (χ0v) is 15.9. The Kier molecular flexibility index (Phi) is 11.3. The highest BCUT2D eigenvalue weighted by atomic mass is 28.3. The number of ether oxygens (including phenoxy) is 2. The molecule has 0 aliphatic carbocycles. The molecule has 1 N–H and O–H groups in total. The lowest BCUT2D eigenvalue weighted by Crippen LogP contribution is -2.29. The molecule has 0 saturated carbocycles. The van der Waals surface area contributed by atoms with Crippen LogP contribution in [0, 0.1) is 5.92 Å². The molecule has 3 nitrogen and oxygen atoms in total. The van der Waals surface area contributed by atoms with Gasteiger partial charge in [0.15, 0.2) is 0 Å². The molecule has 0 aromatic carbocycles. The number of hydrogen-bond donors (Lipinski definition) is 1. The minimum absolute atomic E-state index is 0.0893. The monoisotopic (exact) mass is 316 g/mol. The van der Waals surface area contributed by atoms with E-state index in [1.807, 2.05) is 0 Å². The molecule has 0 saturated heterocycles. The fourth-order valence-corrected chi connectivity index (χ4v) is 4.33. The predicted octanol–water partition coefficient (Wildman–Crippen LogP) is 4.38. The third-order valence-corrected chi connectivity index (χ3v) is 4.87. The smallest absolute Gasteiger partial charge is 0.146 e. The SMILES string of the molecule is CCCCC[C@H](OCOC)[C@H](CO)C/C(C)=C/[Si](C)(C)C. The molecule has 0 unspecified atom stereocenters. The van der Waals surface area contributed by atoms with Gasteiger partial charge in [-0.25, -0.2) is 0 Å². The molecular formula is C17H36O3Si. The van der Waals surface area contributed by atoms with Crippen LogP contribution in [0.15, 0.2) is 11.3 Å². The van der Waals surface area contributed by atoms with Gasteiger partial charge >= 0.3 is 0 Å². The van der Waals surface area contributed by atoms with Crippen molar-refractivity contribution in [2.45, 2.75) is 71.7 Å². The van der Waals surface area contributed by atoms with Crippen molar-refractivity contribution in [2.24, 2.45) is 5.92 Å². The summed E-state index contributed by atoms with van der Waals surface area (Å²) in [7, 11) is 0.446. The summed E-state index contributed by atoms with van der Waals surface area (Å²) in [5.74, 6) is 0.171. The predicted molar refractivity (Wildman–Crippen MR) is 93.2 cm³/mol. The summed E-state index contributed by atoms with van der Waals surface area (Å²) in [5, 5.41) is 9.76. The van der Waals surface area contributed by atoms with Crippen LogP contribution in [-0.4, -0.2) is 39.8 Å². The van der Waals surface area contributed by atoms with E-state index in [-0.39, 0.29) is 18.6 Å². The maximum atomic E-state index is 9.76. The Bertz CT molecular complexity index is 284. The summed E-state index contributed by atoms with van der Waals surface area (Å²) in [6.07, 6.45) is 5.58. The molecule has 0 amide bonds. The second-order valence-electron chi connectivity index (χ2n) is 7.11. The molecule has 0 rings (SSSR count). The van der Waals surface area contributed by atoms with Crippen LogP contribution >= 0.6 is 0 Å². The van der Waals surface area contributed by atoms with E-state index in [0.29, 0.717) is 6.79 Å². The topological polar surface area (TPSA) is 38.7 Å². The molecule has 0 bridgehead atoms. The lowest BCUT2D eigenvalue weighted by atomic mass is 9.92. The van der Waals surface area contributed by atoms with Gasteiger partial charge in [-0.2, -0.15) is 0 Å². The standard InChI is InChI=1S/C17H36O3Si/c1-7-8-9-10-17(20-14-19-3)16(12-18)11-15(2)13-21(4,5)6/h13,16-18H,7-12,14H2,1-6H3/b15-13+/t16-,17-/m0/s1. The first-order valence-electron chi connectivity index (χ1n) is 8.23. The Morgan fingerprint density at radius 1 is 1.24 bits per heavy atom. The van der Waals surface area contributed by atoms with E-state index in [4.69, 9.17) is 9.47 Å². The molecule has 0 aliphatic heterocycles. The molecule has 2 atom stereocenters. The summed E-state index contributed by atoms with van der Waals surface area (Å²) in [6, 6.07) is 0. The third kappa shape index (κ3) is 11.1. The van der Waals surface area contributed by atoms with E-state index in [9.17, 15) is 5.11 Å². The van der Waals surface area contributed by atoms with Crippen molar-refractivity contribution in [3.63, 3.8) is 0 Å². The Morgan fingerprint density at radius 3 is 2.38 bits per heavy atom. The molecule has 0 radical (unpaired) electrons. The van der Waals surface area contributed by atoms with Crippen molar-refractivity contribution >= 4 is 8.07 Å². The van der Waals surface area contributed by atoms with Gasteiger partial charge in [0.2, 0.25) is 0 Å². The number of rotatable bonds is 12. The van der Waals surface area contributed by atoms with Crippen LogP contribution in [0.3, 0.4) is 0 Å². The molecule has 21 heavy (non-hydrogen) atoms. The van der Waals surface area contributed by atoms with Gasteiger partial charge in [0.25, 0.3) is 0 Å². The van der Waals surface area contributed by atoms with E-state index in [2.05, 4.69) is 39.2 Å². The van der Waals surface area contributed by atoms with Gasteiger partial charge in [0, 0.05) is 19.6 Å².